The van der Waals surface area contributed by atoms with Gasteiger partial charge in [-0.2, -0.15) is 0 Å². The maximum absolute atomic E-state index is 14.4. The molecule has 9 heteroatoms. The summed E-state index contributed by atoms with van der Waals surface area (Å²) in [6, 6.07) is 29.3. The van der Waals surface area contributed by atoms with Crippen LogP contribution in [0.2, 0.25) is 10.0 Å². The molecular weight excluding hydrogens is 820 g/mol. The number of hydrogen-bond donors (Lipinski definition) is 1. The first-order valence-electron chi connectivity index (χ1n) is 20.3. The van der Waals surface area contributed by atoms with Crippen LogP contribution in [0.1, 0.15) is 122 Å². The minimum atomic E-state index is -1.23. The van der Waals surface area contributed by atoms with Crippen molar-refractivity contribution in [1.29, 1.82) is 0 Å². The standard InChI is InChI=1S/C23H20ClF2NO.C10H13Cl.C10H13F.C9H10F2/c1-3-14-10-15(17-6-4-7-18(24)13(17)2)12-16(11-14)21(23(27)28)22-19(25)8-5-9-20(22)26;1-7(2)9-5-4-6-10(11)8(9)3;1-7(2)10-5-4-9(11)6-8(10)3;1-6(2)8-4-3-7(10)5-9(8)11/h4-12,21H,3H2,1-2H3,(H2,27,28);2*4-7H,1-3H3;3-6H,1-2H3. The molecule has 0 aromatic heterocycles. The largest absolute Gasteiger partial charge is 0.369 e. The smallest absolute Gasteiger partial charge is 0.229 e. The lowest BCUT2D eigenvalue weighted by atomic mass is 9.86. The van der Waals surface area contributed by atoms with Crippen molar-refractivity contribution < 1.29 is 26.7 Å². The second-order valence-electron chi connectivity index (χ2n) is 15.8. The summed E-state index contributed by atoms with van der Waals surface area (Å²) >= 11 is 12.2. The van der Waals surface area contributed by atoms with Crippen molar-refractivity contribution in [2.24, 2.45) is 5.73 Å². The predicted molar refractivity (Wildman–Crippen MR) is 244 cm³/mol. The summed E-state index contributed by atoms with van der Waals surface area (Å²) in [6.07, 6.45) is 0.686. The zero-order valence-corrected chi connectivity index (χ0v) is 38.1. The van der Waals surface area contributed by atoms with Gasteiger partial charge >= 0.3 is 0 Å². The normalized spacial score (nSPS) is 11.3. The fourth-order valence-corrected chi connectivity index (χ4v) is 7.29. The number of rotatable bonds is 8. The molecule has 0 fully saturated rings. The molecule has 1 unspecified atom stereocenters. The minimum Gasteiger partial charge on any atom is -0.369 e. The van der Waals surface area contributed by atoms with E-state index in [0.717, 1.165) is 51.0 Å². The quantitative estimate of drug-likeness (QED) is 0.152. The fourth-order valence-electron chi connectivity index (χ4n) is 6.93. The molecule has 1 atom stereocenters. The summed E-state index contributed by atoms with van der Waals surface area (Å²) in [5.74, 6) is -3.62. The number of carbonyl (C=O) groups is 1. The Balaban J connectivity index is 0.000000247. The minimum absolute atomic E-state index is 0.107. The second-order valence-corrected chi connectivity index (χ2v) is 16.6. The maximum atomic E-state index is 14.4. The van der Waals surface area contributed by atoms with E-state index in [2.05, 4.69) is 40.7 Å². The topological polar surface area (TPSA) is 43.1 Å². The second kappa shape index (κ2) is 23.3. The van der Waals surface area contributed by atoms with E-state index < -0.39 is 35.1 Å². The molecule has 2 N–H and O–H groups in total. The summed E-state index contributed by atoms with van der Waals surface area (Å²) in [6.45, 7) is 20.2. The number of benzene rings is 6. The van der Waals surface area contributed by atoms with Gasteiger partial charge in [0.15, 0.2) is 0 Å². The molecule has 0 bridgehead atoms. The lowest BCUT2D eigenvalue weighted by Crippen LogP contribution is -2.24. The van der Waals surface area contributed by atoms with E-state index >= 15 is 0 Å². The van der Waals surface area contributed by atoms with Gasteiger partial charge in [0.2, 0.25) is 5.91 Å². The van der Waals surface area contributed by atoms with Crippen LogP contribution in [0.5, 0.6) is 0 Å². The van der Waals surface area contributed by atoms with Gasteiger partial charge in [0.05, 0.1) is 5.92 Å². The van der Waals surface area contributed by atoms with E-state index in [9.17, 15) is 26.7 Å². The molecule has 61 heavy (non-hydrogen) atoms. The van der Waals surface area contributed by atoms with Gasteiger partial charge in [-0.3, -0.25) is 4.79 Å². The number of aryl methyl sites for hydroxylation is 2. The van der Waals surface area contributed by atoms with Crippen LogP contribution < -0.4 is 5.73 Å². The van der Waals surface area contributed by atoms with Gasteiger partial charge in [-0.05, 0) is 149 Å². The number of halogens is 7. The van der Waals surface area contributed by atoms with E-state index in [0.29, 0.717) is 34.4 Å². The third kappa shape index (κ3) is 14.0. The van der Waals surface area contributed by atoms with Gasteiger partial charge in [0.1, 0.15) is 29.1 Å². The van der Waals surface area contributed by atoms with Crippen LogP contribution in [-0.2, 0) is 11.2 Å². The van der Waals surface area contributed by atoms with Crippen LogP contribution >= 0.6 is 23.2 Å². The molecule has 6 aromatic carbocycles. The summed E-state index contributed by atoms with van der Waals surface area (Å²) in [5, 5.41) is 1.49. The first-order chi connectivity index (χ1) is 28.7. The number of primary amides is 1. The molecule has 324 valence electrons. The number of carbonyl (C=O) groups excluding carboxylic acids is 1. The third-order valence-electron chi connectivity index (χ3n) is 10.3. The van der Waals surface area contributed by atoms with Crippen molar-refractivity contribution in [3.05, 3.63) is 198 Å². The number of nitrogens with two attached hydrogens (primary N) is 1. The molecule has 1 amide bonds. The Kier molecular flexibility index (Phi) is 19.2. The Morgan fingerprint density at radius 3 is 1.57 bits per heavy atom. The van der Waals surface area contributed by atoms with Gasteiger partial charge in [-0.25, -0.2) is 22.0 Å². The molecule has 0 aliphatic heterocycles. The van der Waals surface area contributed by atoms with E-state index in [4.69, 9.17) is 28.9 Å². The zero-order chi connectivity index (χ0) is 45.7. The average Bonchev–Trinajstić information content (AvgIpc) is 3.18. The molecule has 0 aliphatic carbocycles. The molecule has 0 saturated carbocycles. The summed E-state index contributed by atoms with van der Waals surface area (Å²) < 4.78 is 66.7. The molecule has 0 radical (unpaired) electrons. The van der Waals surface area contributed by atoms with Gasteiger partial charge in [-0.15, -0.1) is 0 Å². The fraction of sp³-hybridized carbons (Fsp3) is 0.288. The Bertz CT molecular complexity index is 2330. The lowest BCUT2D eigenvalue weighted by Gasteiger charge is -2.19. The molecule has 0 saturated heterocycles. The molecule has 0 heterocycles. The SMILES string of the molecule is CC(C)c1ccc(F)cc1F.CCc1cc(-c2cccc(Cl)c2C)cc(C(C(N)=O)c2c(F)cccc2F)c1.Cc1c(Cl)cccc1C(C)C.Cc1cc(F)ccc1C(C)C. The summed E-state index contributed by atoms with van der Waals surface area (Å²) in [7, 11) is 0. The van der Waals surface area contributed by atoms with Crippen LogP contribution in [-0.4, -0.2) is 5.91 Å². The van der Waals surface area contributed by atoms with Crippen molar-refractivity contribution in [2.75, 3.05) is 0 Å². The average molecular weight is 877 g/mol. The molecule has 0 spiro atoms. The van der Waals surface area contributed by atoms with Gasteiger partial charge in [-0.1, -0.05) is 126 Å². The van der Waals surface area contributed by atoms with Crippen LogP contribution in [0.25, 0.3) is 11.1 Å². The molecule has 2 nitrogen and oxygen atoms in total. The predicted octanol–water partition coefficient (Wildman–Crippen LogP) is 15.9. The highest BCUT2D eigenvalue weighted by Crippen LogP contribution is 2.35. The van der Waals surface area contributed by atoms with E-state index in [-0.39, 0.29) is 17.3 Å². The number of amides is 1. The molecular formula is C52H56Cl2F5NO. The molecule has 6 rings (SSSR count). The highest BCUT2D eigenvalue weighted by atomic mass is 35.5. The third-order valence-corrected chi connectivity index (χ3v) is 11.1. The zero-order valence-electron chi connectivity index (χ0n) is 36.5. The van der Waals surface area contributed by atoms with Crippen LogP contribution in [0.4, 0.5) is 22.0 Å². The number of hydrogen-bond acceptors (Lipinski definition) is 1. The van der Waals surface area contributed by atoms with Crippen LogP contribution in [0, 0.1) is 49.9 Å². The van der Waals surface area contributed by atoms with Crippen molar-refractivity contribution in [3.63, 3.8) is 0 Å². The van der Waals surface area contributed by atoms with E-state index in [1.54, 1.807) is 24.3 Å². The Morgan fingerprint density at radius 2 is 1.08 bits per heavy atom. The van der Waals surface area contributed by atoms with Gasteiger partial charge < -0.3 is 5.73 Å². The van der Waals surface area contributed by atoms with Crippen LogP contribution in [0.3, 0.4) is 0 Å². The van der Waals surface area contributed by atoms with Crippen molar-refractivity contribution in [3.8, 4) is 11.1 Å². The Morgan fingerprint density at radius 1 is 0.574 bits per heavy atom. The first kappa shape index (κ1) is 50.4. The lowest BCUT2D eigenvalue weighted by molar-refractivity contribution is -0.118. The van der Waals surface area contributed by atoms with Crippen LogP contribution in [0.15, 0.2) is 109 Å². The summed E-state index contributed by atoms with van der Waals surface area (Å²) in [5.41, 5.74) is 14.6. The Labute approximate surface area is 369 Å². The van der Waals surface area contributed by atoms with E-state index in [1.807, 2.05) is 71.0 Å². The maximum Gasteiger partial charge on any atom is 0.229 e. The Hall–Kier alpha value is -4.98. The molecule has 6 aromatic rings. The first-order valence-corrected chi connectivity index (χ1v) is 21.0. The monoisotopic (exact) mass is 875 g/mol. The van der Waals surface area contributed by atoms with E-state index in [1.165, 1.54) is 41.0 Å². The van der Waals surface area contributed by atoms with Crippen molar-refractivity contribution in [1.82, 2.24) is 0 Å². The highest BCUT2D eigenvalue weighted by molar-refractivity contribution is 6.32. The highest BCUT2D eigenvalue weighted by Gasteiger charge is 2.28. The molecule has 0 aliphatic rings. The summed E-state index contributed by atoms with van der Waals surface area (Å²) in [4.78, 5) is 12.2. The van der Waals surface area contributed by atoms with Gasteiger partial charge in [0.25, 0.3) is 0 Å². The van der Waals surface area contributed by atoms with Gasteiger partial charge in [0, 0.05) is 21.7 Å². The van der Waals surface area contributed by atoms with Crippen molar-refractivity contribution in [2.45, 2.75) is 99.3 Å². The van der Waals surface area contributed by atoms with Crippen molar-refractivity contribution >= 4 is 29.1 Å².